The van der Waals surface area contributed by atoms with Gasteiger partial charge in [-0.15, -0.1) is 0 Å². The smallest absolute Gasteiger partial charge is 0.320 e. The quantitative estimate of drug-likeness (QED) is 0.695. The van der Waals surface area contributed by atoms with Crippen LogP contribution in [0, 0.1) is 0 Å². The van der Waals surface area contributed by atoms with Gasteiger partial charge in [0.25, 0.3) is 0 Å². The third-order valence-corrected chi connectivity index (χ3v) is 6.05. The molecule has 2 heterocycles. The van der Waals surface area contributed by atoms with Crippen molar-refractivity contribution in [2.24, 2.45) is 0 Å². The van der Waals surface area contributed by atoms with Gasteiger partial charge in [0.05, 0.1) is 20.0 Å². The lowest BCUT2D eigenvalue weighted by Crippen LogP contribution is -2.37. The molecule has 0 aliphatic carbocycles. The molecular weight excluding hydrogens is 342 g/mol. The van der Waals surface area contributed by atoms with Crippen LogP contribution in [0.3, 0.4) is 0 Å². The number of fused-ring (bicyclic) bond motifs is 1. The van der Waals surface area contributed by atoms with Gasteiger partial charge in [-0.2, -0.15) is 0 Å². The second-order valence-corrected chi connectivity index (χ2v) is 12.2. The zero-order valence-electron chi connectivity index (χ0n) is 15.5. The van der Waals surface area contributed by atoms with Crippen LogP contribution in [-0.2, 0) is 0 Å². The second-order valence-electron chi connectivity index (χ2n) is 7.11. The summed E-state index contributed by atoms with van der Waals surface area (Å²) < 4.78 is 0. The number of hydrogen-bond acceptors (Lipinski definition) is 4. The van der Waals surface area contributed by atoms with Gasteiger partial charge in [0, 0.05) is 12.1 Å². The summed E-state index contributed by atoms with van der Waals surface area (Å²) in [5, 5.41) is 6.75. The van der Waals surface area contributed by atoms with E-state index in [0.717, 1.165) is 11.3 Å². The van der Waals surface area contributed by atoms with E-state index in [-0.39, 0.29) is 6.03 Å². The average Bonchev–Trinajstić information content (AvgIpc) is 2.60. The van der Waals surface area contributed by atoms with Crippen molar-refractivity contribution in [2.75, 3.05) is 11.9 Å². The Morgan fingerprint density at radius 2 is 1.92 bits per heavy atom. The first-order chi connectivity index (χ1) is 12.4. The maximum absolute atomic E-state index is 11.7. The molecular formula is C19H23N5OSi. The molecule has 2 aromatic heterocycles. The number of nitrogens with one attached hydrogen (secondary N) is 2. The molecule has 3 rings (SSSR count). The predicted molar refractivity (Wildman–Crippen MR) is 108 cm³/mol. The molecule has 6 nitrogen and oxygen atoms in total. The molecule has 0 aliphatic rings. The van der Waals surface area contributed by atoms with Crippen LogP contribution in [0.25, 0.3) is 22.4 Å². The summed E-state index contributed by atoms with van der Waals surface area (Å²) in [5.74, 6) is 0.450. The van der Waals surface area contributed by atoms with E-state index >= 15 is 0 Å². The molecule has 0 atom stereocenters. The lowest BCUT2D eigenvalue weighted by atomic mass is 10.1. The van der Waals surface area contributed by atoms with Crippen molar-refractivity contribution in [3.05, 3.63) is 42.6 Å². The number of rotatable bonds is 4. The molecule has 0 radical (unpaired) electrons. The van der Waals surface area contributed by atoms with Crippen molar-refractivity contribution >= 4 is 36.3 Å². The molecule has 26 heavy (non-hydrogen) atoms. The molecule has 3 aromatic rings. The summed E-state index contributed by atoms with van der Waals surface area (Å²) in [6, 6.07) is 11.7. The van der Waals surface area contributed by atoms with Gasteiger partial charge < -0.3 is 5.32 Å². The van der Waals surface area contributed by atoms with Gasteiger partial charge in [0.2, 0.25) is 0 Å². The van der Waals surface area contributed by atoms with E-state index in [1.807, 2.05) is 13.0 Å². The third-order valence-electron chi connectivity index (χ3n) is 4.01. The van der Waals surface area contributed by atoms with Crippen LogP contribution < -0.4 is 15.8 Å². The summed E-state index contributed by atoms with van der Waals surface area (Å²) in [4.78, 5) is 25.2. The summed E-state index contributed by atoms with van der Waals surface area (Å²) in [5.41, 5.74) is 3.01. The van der Waals surface area contributed by atoms with Crippen molar-refractivity contribution in [3.63, 3.8) is 0 Å². The van der Waals surface area contributed by atoms with E-state index in [1.54, 1.807) is 18.3 Å². The molecule has 7 heteroatoms. The number of pyridine rings is 1. The fourth-order valence-electron chi connectivity index (χ4n) is 2.57. The number of aromatic nitrogens is 3. The Morgan fingerprint density at radius 1 is 1.12 bits per heavy atom. The van der Waals surface area contributed by atoms with E-state index in [4.69, 9.17) is 0 Å². The standard InChI is InChI=1S/C19H23N5OSi/c1-5-20-19(25)24-17-10-9-15-18(23-17)22-16(12-21-15)13-7-6-8-14(11-13)26(2,3)4/h6-12H,5H2,1-4H3,(H2,20,22,23,24,25). The van der Waals surface area contributed by atoms with Crippen LogP contribution in [0.5, 0.6) is 0 Å². The molecule has 2 amide bonds. The normalized spacial score (nSPS) is 11.4. The van der Waals surface area contributed by atoms with Crippen molar-refractivity contribution < 1.29 is 4.79 Å². The maximum atomic E-state index is 11.7. The number of amides is 2. The first kappa shape index (κ1) is 18.0. The van der Waals surface area contributed by atoms with E-state index in [2.05, 4.69) is 63.4 Å². The van der Waals surface area contributed by atoms with Crippen LogP contribution in [0.15, 0.2) is 42.6 Å². The molecule has 0 spiro atoms. The lowest BCUT2D eigenvalue weighted by Gasteiger charge is -2.17. The van der Waals surface area contributed by atoms with Gasteiger partial charge >= 0.3 is 6.03 Å². The number of nitrogens with zero attached hydrogens (tertiary/aromatic N) is 3. The summed E-state index contributed by atoms with van der Waals surface area (Å²) in [6.45, 7) is 9.37. The monoisotopic (exact) mass is 365 g/mol. The second kappa shape index (κ2) is 7.21. The van der Waals surface area contributed by atoms with Gasteiger partial charge in [-0.1, -0.05) is 49.1 Å². The molecule has 0 saturated carbocycles. The van der Waals surface area contributed by atoms with Crippen LogP contribution in [0.2, 0.25) is 19.6 Å². The average molecular weight is 366 g/mol. The van der Waals surface area contributed by atoms with E-state index in [9.17, 15) is 4.79 Å². The minimum atomic E-state index is -1.40. The summed E-state index contributed by atoms with van der Waals surface area (Å²) in [6.07, 6.45) is 1.77. The Morgan fingerprint density at radius 3 is 2.65 bits per heavy atom. The lowest BCUT2D eigenvalue weighted by molar-refractivity contribution is 0.252. The van der Waals surface area contributed by atoms with Gasteiger partial charge in [0.1, 0.15) is 11.3 Å². The number of carbonyl (C=O) groups excluding carboxylic acids is 1. The van der Waals surface area contributed by atoms with E-state index < -0.39 is 8.07 Å². The first-order valence-corrected chi connectivity index (χ1v) is 12.2. The molecule has 2 N–H and O–H groups in total. The van der Waals surface area contributed by atoms with Crippen LogP contribution in [0.4, 0.5) is 10.6 Å². The molecule has 134 valence electrons. The van der Waals surface area contributed by atoms with E-state index in [1.165, 1.54) is 5.19 Å². The highest BCUT2D eigenvalue weighted by Crippen LogP contribution is 2.19. The Hall–Kier alpha value is -2.80. The van der Waals surface area contributed by atoms with Gasteiger partial charge in [0.15, 0.2) is 5.65 Å². The fourth-order valence-corrected chi connectivity index (χ4v) is 3.76. The number of carbonyl (C=O) groups is 1. The topological polar surface area (TPSA) is 79.8 Å². The van der Waals surface area contributed by atoms with Crippen molar-refractivity contribution in [1.29, 1.82) is 0 Å². The summed E-state index contributed by atoms with van der Waals surface area (Å²) >= 11 is 0. The minimum Gasteiger partial charge on any atom is -0.338 e. The predicted octanol–water partition coefficient (Wildman–Crippen LogP) is 3.38. The molecule has 0 unspecified atom stereocenters. The Balaban J connectivity index is 1.96. The molecule has 0 bridgehead atoms. The van der Waals surface area contributed by atoms with Crippen LogP contribution >= 0.6 is 0 Å². The minimum absolute atomic E-state index is 0.286. The molecule has 0 fully saturated rings. The molecule has 0 aliphatic heterocycles. The van der Waals surface area contributed by atoms with Crippen molar-refractivity contribution in [2.45, 2.75) is 26.6 Å². The number of anilines is 1. The number of hydrogen-bond donors (Lipinski definition) is 2. The Bertz CT molecular complexity index is 952. The first-order valence-electron chi connectivity index (χ1n) is 8.66. The fraction of sp³-hybridized carbons (Fsp3) is 0.263. The zero-order valence-corrected chi connectivity index (χ0v) is 16.5. The highest BCUT2D eigenvalue weighted by atomic mass is 28.3. The Kier molecular flexibility index (Phi) is 4.99. The van der Waals surface area contributed by atoms with E-state index in [0.29, 0.717) is 23.5 Å². The SMILES string of the molecule is CCNC(=O)Nc1ccc2ncc(-c3cccc([Si](C)(C)C)c3)nc2n1. The highest BCUT2D eigenvalue weighted by Gasteiger charge is 2.17. The largest absolute Gasteiger partial charge is 0.338 e. The van der Waals surface area contributed by atoms with Crippen LogP contribution in [-0.4, -0.2) is 35.6 Å². The number of urea groups is 1. The molecule has 1 aromatic carbocycles. The van der Waals surface area contributed by atoms with Gasteiger partial charge in [-0.3, -0.25) is 10.3 Å². The van der Waals surface area contributed by atoms with Gasteiger partial charge in [-0.05, 0) is 19.1 Å². The number of benzene rings is 1. The van der Waals surface area contributed by atoms with Gasteiger partial charge in [-0.25, -0.2) is 14.8 Å². The summed E-state index contributed by atoms with van der Waals surface area (Å²) in [7, 11) is -1.40. The molecule has 0 saturated heterocycles. The Labute approximate surface area is 154 Å². The van der Waals surface area contributed by atoms with Crippen LogP contribution in [0.1, 0.15) is 6.92 Å². The zero-order chi connectivity index (χ0) is 18.7. The maximum Gasteiger partial charge on any atom is 0.320 e. The highest BCUT2D eigenvalue weighted by molar-refractivity contribution is 6.88. The third kappa shape index (κ3) is 4.05. The van der Waals surface area contributed by atoms with Crippen molar-refractivity contribution in [1.82, 2.24) is 20.3 Å². The van der Waals surface area contributed by atoms with Crippen molar-refractivity contribution in [3.8, 4) is 11.3 Å².